The van der Waals surface area contributed by atoms with Gasteiger partial charge in [0.2, 0.25) is 0 Å². The molecule has 0 spiro atoms. The number of hydrogen-bond donors (Lipinski definition) is 0. The molecular weight excluding hydrogens is 1060 g/mol. The highest BCUT2D eigenvalue weighted by molar-refractivity contribution is 5.99. The summed E-state index contributed by atoms with van der Waals surface area (Å²) in [6, 6.07) is 127. The van der Waals surface area contributed by atoms with Crippen molar-refractivity contribution in [3.8, 4) is 0 Å². The van der Waals surface area contributed by atoms with Gasteiger partial charge in [-0.1, -0.05) is 352 Å². The second kappa shape index (κ2) is 23.5. The zero-order valence-corrected chi connectivity index (χ0v) is 48.7. The van der Waals surface area contributed by atoms with Crippen molar-refractivity contribution in [2.45, 2.75) is 0 Å². The Bertz CT molecular complexity index is 5570. The van der Waals surface area contributed by atoms with Gasteiger partial charge in [-0.3, -0.25) is 0 Å². The highest BCUT2D eigenvalue weighted by atomic mass is 14.1. The average Bonchev–Trinajstić information content (AvgIpc) is 3.78. The maximum Gasteiger partial charge on any atom is -0.0184 e. The van der Waals surface area contributed by atoms with E-state index >= 15 is 0 Å². The van der Waals surface area contributed by atoms with E-state index in [0.717, 1.165) is 16.3 Å². The molecule has 0 N–H and O–H groups in total. The van der Waals surface area contributed by atoms with Crippen LogP contribution in [0.15, 0.2) is 352 Å². The van der Waals surface area contributed by atoms with Crippen LogP contribution in [0.3, 0.4) is 0 Å². The van der Waals surface area contributed by atoms with Gasteiger partial charge in [-0.25, -0.2) is 0 Å². The SMILES string of the molecule is C=Cc1cc2ccc(cc2)c2ccc(cc2)c2ccc(cc2)c2ccc(cc2)c2ccc(cc2)c2ccc(cc2)c2ccc(cc2)c2ccc(cc2)c2ccc(cc2)c2ccc(cc2)c2ccc(cc2)c2ccc(cc2)c2ccc(cc2)c2ccc1cc2. The minimum Gasteiger partial charge on any atom is -0.0984 e. The van der Waals surface area contributed by atoms with Gasteiger partial charge in [0, 0.05) is 0 Å². The molecule has 0 aliphatic heterocycles. The predicted molar refractivity (Wildman–Crippen MR) is 387 cm³/mol. The van der Waals surface area contributed by atoms with Crippen LogP contribution in [-0.2, 0) is 0 Å². The summed E-state index contributed by atoms with van der Waals surface area (Å²) in [5.41, 5.74) is 1.08. The summed E-state index contributed by atoms with van der Waals surface area (Å²) in [6.07, 6.45) is 1.95. The highest BCUT2D eigenvalue weighted by Crippen LogP contribution is 2.28. The van der Waals surface area contributed by atoms with Crippen molar-refractivity contribution in [2.24, 2.45) is 0 Å². The normalized spacial score (nSPS) is 11.2. The minimum atomic E-state index is 1.08. The Morgan fingerprint density at radius 1 is 0.125 bits per heavy atom. The van der Waals surface area contributed by atoms with Crippen LogP contribution in [0.4, 0.5) is 0 Å². The second-order valence-electron chi connectivity index (χ2n) is 22.9. The fourth-order valence-corrected chi connectivity index (χ4v) is 12.3. The third-order valence-electron chi connectivity index (χ3n) is 17.6. The van der Waals surface area contributed by atoms with Crippen molar-refractivity contribution in [3.05, 3.63) is 358 Å². The molecule has 0 aliphatic carbocycles. The maximum absolute atomic E-state index is 4.19. The predicted octanol–water partition coefficient (Wildman–Crippen LogP) is 25.2. The zero-order chi connectivity index (χ0) is 58.8. The van der Waals surface area contributed by atoms with Crippen molar-refractivity contribution >= 4 is 157 Å². The Kier molecular flexibility index (Phi) is 14.3. The molecule has 0 unspecified atom stereocenters. The third kappa shape index (κ3) is 11.1. The molecule has 0 saturated carbocycles. The van der Waals surface area contributed by atoms with Crippen molar-refractivity contribution in [2.75, 3.05) is 0 Å². The highest BCUT2D eigenvalue weighted by Gasteiger charge is 2.02. The van der Waals surface area contributed by atoms with Gasteiger partial charge >= 0.3 is 0 Å². The molecule has 0 saturated heterocycles. The molecule has 412 valence electrons. The Morgan fingerprint density at radius 2 is 0.216 bits per heavy atom. The van der Waals surface area contributed by atoms with Crippen LogP contribution < -0.4 is 0 Å². The van der Waals surface area contributed by atoms with E-state index in [4.69, 9.17) is 0 Å². The maximum atomic E-state index is 4.19. The molecule has 0 atom stereocenters. The molecule has 0 aromatic heterocycles. The average molecular weight is 1120 g/mol. The fourth-order valence-electron chi connectivity index (χ4n) is 12.3. The van der Waals surface area contributed by atoms with Gasteiger partial charge in [0.1, 0.15) is 0 Å². The van der Waals surface area contributed by atoms with Crippen LogP contribution in [0.2, 0.25) is 0 Å². The summed E-state index contributed by atoms with van der Waals surface area (Å²) in [4.78, 5) is 0. The van der Waals surface area contributed by atoms with Crippen LogP contribution >= 0.6 is 0 Å². The Balaban J connectivity index is 0.760. The summed E-state index contributed by atoms with van der Waals surface area (Å²) in [5, 5.41) is 33.4. The van der Waals surface area contributed by atoms with E-state index in [2.05, 4.69) is 352 Å². The zero-order valence-electron chi connectivity index (χ0n) is 48.7. The summed E-state index contributed by atoms with van der Waals surface area (Å²) in [7, 11) is 0. The van der Waals surface area contributed by atoms with E-state index in [1.807, 2.05) is 6.08 Å². The second-order valence-corrected chi connectivity index (χ2v) is 22.9. The lowest BCUT2D eigenvalue weighted by Gasteiger charge is -2.01. The first kappa shape index (κ1) is 53.3. The van der Waals surface area contributed by atoms with E-state index in [1.165, 1.54) is 140 Å². The topological polar surface area (TPSA) is 0 Å². The minimum absolute atomic E-state index is 1.08. The van der Waals surface area contributed by atoms with Gasteiger partial charge in [0.05, 0.1) is 0 Å². The Morgan fingerprint density at radius 3 is 0.318 bits per heavy atom. The number of hydrogen-bond acceptors (Lipinski definition) is 0. The summed E-state index contributed by atoms with van der Waals surface area (Å²) < 4.78 is 0. The smallest absolute Gasteiger partial charge is 0.0184 e. The number of rotatable bonds is 1. The van der Waals surface area contributed by atoms with Crippen molar-refractivity contribution in [3.63, 3.8) is 0 Å². The summed E-state index contributed by atoms with van der Waals surface area (Å²) in [5.74, 6) is 0. The van der Waals surface area contributed by atoms with Crippen LogP contribution in [-0.4, -0.2) is 0 Å². The van der Waals surface area contributed by atoms with Gasteiger partial charge in [-0.05, 0) is 162 Å². The molecule has 88 heavy (non-hydrogen) atoms. The lowest BCUT2D eigenvalue weighted by atomic mass is 10.0. The van der Waals surface area contributed by atoms with Gasteiger partial charge < -0.3 is 0 Å². The van der Waals surface area contributed by atoms with Crippen molar-refractivity contribution in [1.82, 2.24) is 0 Å². The molecule has 0 heteroatoms. The molecule has 0 aliphatic rings. The molecular formula is C88H60. The van der Waals surface area contributed by atoms with Crippen LogP contribution in [0.25, 0.3) is 157 Å². The molecule has 0 amide bonds. The first-order chi connectivity index (χ1) is 43.5. The first-order valence-corrected chi connectivity index (χ1v) is 30.3. The lowest BCUT2D eigenvalue weighted by molar-refractivity contribution is 1.75. The molecule has 0 nitrogen and oxygen atoms in total. The van der Waals surface area contributed by atoms with Gasteiger partial charge in [0.15, 0.2) is 0 Å². The van der Waals surface area contributed by atoms with Gasteiger partial charge in [-0.15, -0.1) is 0 Å². The van der Waals surface area contributed by atoms with Crippen LogP contribution in [0.1, 0.15) is 5.56 Å². The van der Waals surface area contributed by atoms with Crippen molar-refractivity contribution in [1.29, 1.82) is 0 Å². The quantitative estimate of drug-likeness (QED) is 0.154. The van der Waals surface area contributed by atoms with E-state index in [1.54, 1.807) is 0 Å². The summed E-state index contributed by atoms with van der Waals surface area (Å²) in [6.45, 7) is 4.19. The third-order valence-corrected chi connectivity index (χ3v) is 17.6. The number of benzene rings is 14. The van der Waals surface area contributed by atoms with Crippen LogP contribution in [0, 0.1) is 0 Å². The van der Waals surface area contributed by atoms with E-state index < -0.39 is 0 Å². The Labute approximate surface area is 511 Å². The largest absolute Gasteiger partial charge is 0.0984 e. The molecule has 0 radical (unpaired) electrons. The molecule has 36 aromatic rings. The molecule has 36 aromatic carbocycles. The molecule has 0 fully saturated rings. The van der Waals surface area contributed by atoms with E-state index in [9.17, 15) is 0 Å². The van der Waals surface area contributed by atoms with Crippen LogP contribution in [0.5, 0.6) is 0 Å². The van der Waals surface area contributed by atoms with E-state index in [0.29, 0.717) is 0 Å². The van der Waals surface area contributed by atoms with Gasteiger partial charge in [0.25, 0.3) is 0 Å². The first-order valence-electron chi connectivity index (χ1n) is 30.3. The standard InChI is InChI=1S/C88H60/c1-2-61-59-60-3-5-63(6-4-60)64-11-13-67(14-12-64)68-19-21-71(22-20-68)72-27-29-75(30-28-72)76-35-37-79(38-36-76)80-43-45-83(46-44-80)84-51-53-87(54-52-84)88-57-55-86(56-58-88)85-49-47-82(48-50-85)81-41-39-78(40-42-81)77-33-31-74(32-34-77)73-25-23-70(24-26-73)69-17-15-66(16-18-69)65-9-7-62(61)8-10-65/h2-59H,1H2. The van der Waals surface area contributed by atoms with Gasteiger partial charge in [-0.2, -0.15) is 0 Å². The monoisotopic (exact) mass is 1120 g/mol. The van der Waals surface area contributed by atoms with Crippen molar-refractivity contribution < 1.29 is 0 Å². The molecule has 28 bridgehead atoms. The summed E-state index contributed by atoms with van der Waals surface area (Å²) >= 11 is 0. The lowest BCUT2D eigenvalue weighted by Crippen LogP contribution is -1.75. The molecule has 36 rings (SSSR count). The Hall–Kier alpha value is -11.4. The fraction of sp³-hybridized carbons (Fsp3) is 0. The van der Waals surface area contributed by atoms with E-state index in [-0.39, 0.29) is 0 Å². The molecule has 0 heterocycles.